The fraction of sp³-hybridized carbons (Fsp3) is 0. The average Bonchev–Trinajstić information content (AvgIpc) is 2.88. The maximum absolute atomic E-state index is 13.0. The van der Waals surface area contributed by atoms with Crippen molar-refractivity contribution in [3.8, 4) is 33.4 Å². The monoisotopic (exact) mass is 442 g/mol. The Morgan fingerprint density at radius 1 is 0.412 bits per heavy atom. The Kier molecular flexibility index (Phi) is 4.70. The minimum Gasteiger partial charge on any atom is -0.422 e. The zero-order chi connectivity index (χ0) is 23.1. The highest BCUT2D eigenvalue weighted by atomic mass is 16.4. The fourth-order valence-electron chi connectivity index (χ4n) is 4.35. The van der Waals surface area contributed by atoms with E-state index in [0.29, 0.717) is 11.2 Å². The quantitative estimate of drug-likeness (QED) is 0.280. The predicted octanol–water partition coefficient (Wildman–Crippen LogP) is 6.90. The number of fused-ring (bicyclic) bond motifs is 2. The summed E-state index contributed by atoms with van der Waals surface area (Å²) in [5.41, 5.74) is 3.70. The van der Waals surface area contributed by atoms with E-state index in [2.05, 4.69) is 0 Å². The summed E-state index contributed by atoms with van der Waals surface area (Å²) < 4.78 is 11.5. The van der Waals surface area contributed by atoms with E-state index in [9.17, 15) is 9.59 Å². The minimum absolute atomic E-state index is 0.179. The molecule has 162 valence electrons. The van der Waals surface area contributed by atoms with Crippen LogP contribution in [0.15, 0.2) is 128 Å². The number of benzene rings is 4. The van der Waals surface area contributed by atoms with Gasteiger partial charge in [-0.05, 0) is 23.3 Å². The van der Waals surface area contributed by atoms with Crippen LogP contribution in [0.1, 0.15) is 0 Å². The molecule has 4 aromatic carbocycles. The van der Waals surface area contributed by atoms with Crippen molar-refractivity contribution in [1.82, 2.24) is 0 Å². The van der Waals surface area contributed by atoms with Crippen LogP contribution in [0.5, 0.6) is 0 Å². The average molecular weight is 442 g/mol. The normalized spacial score (nSPS) is 11.2. The molecule has 0 amide bonds. The van der Waals surface area contributed by atoms with Crippen molar-refractivity contribution in [2.24, 2.45) is 0 Å². The first-order valence-corrected chi connectivity index (χ1v) is 10.9. The molecule has 4 nitrogen and oxygen atoms in total. The van der Waals surface area contributed by atoms with E-state index in [4.69, 9.17) is 8.83 Å². The first kappa shape index (κ1) is 19.9. The fourth-order valence-corrected chi connectivity index (χ4v) is 4.35. The van der Waals surface area contributed by atoms with Crippen molar-refractivity contribution in [2.45, 2.75) is 0 Å². The lowest BCUT2D eigenvalue weighted by atomic mass is 9.99. The molecule has 0 unspecified atom stereocenters. The van der Waals surface area contributed by atoms with Crippen LogP contribution < -0.4 is 11.3 Å². The Hall–Kier alpha value is -4.70. The van der Waals surface area contributed by atoms with Gasteiger partial charge in [0.15, 0.2) is 0 Å². The van der Waals surface area contributed by atoms with Crippen molar-refractivity contribution in [1.29, 1.82) is 0 Å². The Morgan fingerprint density at radius 3 is 1.24 bits per heavy atom. The highest BCUT2D eigenvalue weighted by Crippen LogP contribution is 2.32. The second-order valence-electron chi connectivity index (χ2n) is 8.07. The summed E-state index contributed by atoms with van der Waals surface area (Å²) in [5.74, 6) is 0. The molecule has 34 heavy (non-hydrogen) atoms. The molecule has 0 saturated heterocycles. The van der Waals surface area contributed by atoms with Gasteiger partial charge in [-0.3, -0.25) is 0 Å². The van der Waals surface area contributed by atoms with Gasteiger partial charge in [0.25, 0.3) is 0 Å². The molecule has 0 aliphatic rings. The molecule has 2 aromatic heterocycles. The summed E-state index contributed by atoms with van der Waals surface area (Å²) >= 11 is 0. The van der Waals surface area contributed by atoms with E-state index in [1.54, 1.807) is 12.1 Å². The number of hydrogen-bond donors (Lipinski definition) is 0. The molecule has 0 spiro atoms. The molecule has 0 aliphatic heterocycles. The van der Waals surface area contributed by atoms with Gasteiger partial charge < -0.3 is 8.83 Å². The highest BCUT2D eigenvalue weighted by Gasteiger charge is 2.17. The zero-order valence-electron chi connectivity index (χ0n) is 18.0. The number of para-hydroxylation sites is 2. The first-order valence-electron chi connectivity index (χ1n) is 10.9. The maximum Gasteiger partial charge on any atom is 0.344 e. The van der Waals surface area contributed by atoms with Crippen molar-refractivity contribution in [3.63, 3.8) is 0 Å². The molecule has 0 radical (unpaired) electrons. The van der Waals surface area contributed by atoms with Crippen LogP contribution in [0, 0.1) is 0 Å². The summed E-state index contributed by atoms with van der Waals surface area (Å²) in [4.78, 5) is 26.1. The van der Waals surface area contributed by atoms with Crippen LogP contribution in [0.3, 0.4) is 0 Å². The van der Waals surface area contributed by atoms with E-state index in [1.165, 1.54) is 0 Å². The standard InChI is InChI=1S/C30H18O4/c31-29-25(17-21-13-7-15-23(27(21)33-29)19-9-3-1-4-10-19)26-18-22-14-8-16-24(28(22)34-30(26)32)20-11-5-2-6-12-20/h1-18H. The van der Waals surface area contributed by atoms with Gasteiger partial charge in [-0.2, -0.15) is 0 Å². The lowest BCUT2D eigenvalue weighted by Crippen LogP contribution is -2.11. The summed E-state index contributed by atoms with van der Waals surface area (Å²) in [7, 11) is 0. The molecule has 0 saturated carbocycles. The molecule has 0 bridgehead atoms. The predicted molar refractivity (Wildman–Crippen MR) is 135 cm³/mol. The number of rotatable bonds is 3. The SMILES string of the molecule is O=c1oc2c(-c3ccccc3)cccc2cc1-c1cc2cccc(-c3ccccc3)c2oc1=O. The van der Waals surface area contributed by atoms with Gasteiger partial charge in [-0.15, -0.1) is 0 Å². The largest absolute Gasteiger partial charge is 0.422 e. The summed E-state index contributed by atoms with van der Waals surface area (Å²) in [6, 6.07) is 34.2. The molecular weight excluding hydrogens is 424 g/mol. The molecule has 6 rings (SSSR count). The van der Waals surface area contributed by atoms with Gasteiger partial charge in [0.05, 0.1) is 11.1 Å². The smallest absolute Gasteiger partial charge is 0.344 e. The van der Waals surface area contributed by atoms with Crippen LogP contribution in [0.25, 0.3) is 55.3 Å². The highest BCUT2D eigenvalue weighted by molar-refractivity contribution is 5.96. The summed E-state index contributed by atoms with van der Waals surface area (Å²) in [6.45, 7) is 0. The first-order chi connectivity index (χ1) is 16.7. The molecule has 6 aromatic rings. The topological polar surface area (TPSA) is 60.4 Å². The molecule has 4 heteroatoms. The minimum atomic E-state index is -0.582. The van der Waals surface area contributed by atoms with Gasteiger partial charge in [0.2, 0.25) is 0 Å². The van der Waals surface area contributed by atoms with Crippen molar-refractivity contribution in [3.05, 3.63) is 130 Å². The molecular formula is C30H18O4. The number of hydrogen-bond acceptors (Lipinski definition) is 4. The Labute approximate surface area is 194 Å². The van der Waals surface area contributed by atoms with Gasteiger partial charge in [0.1, 0.15) is 11.2 Å². The van der Waals surface area contributed by atoms with Gasteiger partial charge >= 0.3 is 11.3 Å². The lowest BCUT2D eigenvalue weighted by molar-refractivity contribution is 0.554. The van der Waals surface area contributed by atoms with Gasteiger partial charge in [0, 0.05) is 21.9 Å². The molecule has 2 heterocycles. The molecule has 0 aliphatic carbocycles. The third-order valence-corrected chi connectivity index (χ3v) is 5.98. The van der Waals surface area contributed by atoms with E-state index >= 15 is 0 Å². The van der Waals surface area contributed by atoms with Crippen LogP contribution in [0.2, 0.25) is 0 Å². The molecule has 0 atom stereocenters. The second kappa shape index (κ2) is 8.01. The maximum atomic E-state index is 13.0. The van der Waals surface area contributed by atoms with E-state index in [1.807, 2.05) is 97.1 Å². The van der Waals surface area contributed by atoms with Crippen LogP contribution in [0.4, 0.5) is 0 Å². The molecule has 0 fully saturated rings. The molecule has 0 N–H and O–H groups in total. The van der Waals surface area contributed by atoms with Crippen LogP contribution in [-0.4, -0.2) is 0 Å². The van der Waals surface area contributed by atoms with Crippen molar-refractivity contribution >= 4 is 21.9 Å². The van der Waals surface area contributed by atoms with E-state index in [-0.39, 0.29) is 11.1 Å². The van der Waals surface area contributed by atoms with Crippen molar-refractivity contribution in [2.75, 3.05) is 0 Å². The van der Waals surface area contributed by atoms with Gasteiger partial charge in [-0.1, -0.05) is 97.1 Å². The van der Waals surface area contributed by atoms with Crippen LogP contribution >= 0.6 is 0 Å². The van der Waals surface area contributed by atoms with Crippen LogP contribution in [-0.2, 0) is 0 Å². The summed E-state index contributed by atoms with van der Waals surface area (Å²) in [5, 5.41) is 1.46. The second-order valence-corrected chi connectivity index (χ2v) is 8.07. The Morgan fingerprint density at radius 2 is 0.824 bits per heavy atom. The Balaban J connectivity index is 1.55. The third kappa shape index (κ3) is 3.33. The summed E-state index contributed by atoms with van der Waals surface area (Å²) in [6.07, 6.45) is 0. The van der Waals surface area contributed by atoms with E-state index < -0.39 is 11.3 Å². The van der Waals surface area contributed by atoms with Crippen molar-refractivity contribution < 1.29 is 8.83 Å². The third-order valence-electron chi connectivity index (χ3n) is 5.98. The zero-order valence-corrected chi connectivity index (χ0v) is 18.0. The Bertz CT molecular complexity index is 1640. The lowest BCUT2D eigenvalue weighted by Gasteiger charge is -2.09. The van der Waals surface area contributed by atoms with E-state index in [0.717, 1.165) is 33.0 Å². The van der Waals surface area contributed by atoms with Gasteiger partial charge in [-0.25, -0.2) is 9.59 Å².